The van der Waals surface area contributed by atoms with Gasteiger partial charge in [-0.05, 0) is 55.5 Å². The molecule has 0 saturated carbocycles. The summed E-state index contributed by atoms with van der Waals surface area (Å²) in [7, 11) is 0. The molecule has 28 heavy (non-hydrogen) atoms. The Kier molecular flexibility index (Phi) is 5.73. The maximum absolute atomic E-state index is 13.8. The molecular formula is C23H24F2N2O. The summed E-state index contributed by atoms with van der Waals surface area (Å²) in [5.41, 5.74) is 1.06. The van der Waals surface area contributed by atoms with Crippen molar-refractivity contribution < 1.29 is 13.6 Å². The van der Waals surface area contributed by atoms with E-state index in [2.05, 4.69) is 24.1 Å². The summed E-state index contributed by atoms with van der Waals surface area (Å²) in [6.07, 6.45) is 2.73. The highest BCUT2D eigenvalue weighted by Crippen LogP contribution is 2.23. The lowest BCUT2D eigenvalue weighted by Crippen LogP contribution is -2.48. The number of pyridine rings is 1. The number of benzene rings is 2. The number of carbonyl (C=O) groups is 1. The molecule has 0 spiro atoms. The van der Waals surface area contributed by atoms with Crippen molar-refractivity contribution >= 4 is 16.8 Å². The van der Waals surface area contributed by atoms with Crippen LogP contribution in [0.5, 0.6) is 0 Å². The quantitative estimate of drug-likeness (QED) is 0.629. The largest absolute Gasteiger partial charge is 0.346 e. The zero-order valence-corrected chi connectivity index (χ0v) is 16.3. The number of para-hydroxylation sites is 1. The SMILES string of the molecule is CC(C)CC(C)(Cc1ccc(F)cc1)NC(=O)c1cnc2c(F)cccc2c1. The fraction of sp³-hybridized carbons (Fsp3) is 0.304. The van der Waals surface area contributed by atoms with Crippen LogP contribution in [0.3, 0.4) is 0 Å². The van der Waals surface area contributed by atoms with Crippen LogP contribution in [0.2, 0.25) is 0 Å². The van der Waals surface area contributed by atoms with Gasteiger partial charge in [0, 0.05) is 17.1 Å². The second-order valence-electron chi connectivity index (χ2n) is 7.95. The van der Waals surface area contributed by atoms with Crippen LogP contribution >= 0.6 is 0 Å². The fourth-order valence-electron chi connectivity index (χ4n) is 3.72. The first-order chi connectivity index (χ1) is 13.3. The monoisotopic (exact) mass is 382 g/mol. The number of nitrogens with one attached hydrogen (secondary N) is 1. The Balaban J connectivity index is 1.85. The lowest BCUT2D eigenvalue weighted by molar-refractivity contribution is 0.0894. The summed E-state index contributed by atoms with van der Waals surface area (Å²) in [5, 5.41) is 3.70. The molecule has 1 heterocycles. The van der Waals surface area contributed by atoms with Crippen LogP contribution in [-0.2, 0) is 6.42 Å². The lowest BCUT2D eigenvalue weighted by Gasteiger charge is -2.33. The van der Waals surface area contributed by atoms with Crippen LogP contribution in [0.15, 0.2) is 54.7 Å². The van der Waals surface area contributed by atoms with Gasteiger partial charge >= 0.3 is 0 Å². The molecule has 5 heteroatoms. The van der Waals surface area contributed by atoms with E-state index in [9.17, 15) is 13.6 Å². The average Bonchev–Trinajstić information content (AvgIpc) is 2.62. The molecule has 1 aromatic heterocycles. The second-order valence-corrected chi connectivity index (χ2v) is 7.95. The van der Waals surface area contributed by atoms with Gasteiger partial charge < -0.3 is 5.32 Å². The van der Waals surface area contributed by atoms with Crippen molar-refractivity contribution in [2.24, 2.45) is 5.92 Å². The molecule has 146 valence electrons. The normalized spacial score (nSPS) is 13.5. The number of fused-ring (bicyclic) bond motifs is 1. The minimum Gasteiger partial charge on any atom is -0.346 e. The molecule has 0 aliphatic heterocycles. The summed E-state index contributed by atoms with van der Waals surface area (Å²) in [4.78, 5) is 17.0. The third-order valence-electron chi connectivity index (χ3n) is 4.71. The van der Waals surface area contributed by atoms with Crippen molar-refractivity contribution in [1.82, 2.24) is 10.3 Å². The number of aromatic nitrogens is 1. The van der Waals surface area contributed by atoms with Gasteiger partial charge in [0.2, 0.25) is 0 Å². The number of hydrogen-bond acceptors (Lipinski definition) is 2. The highest BCUT2D eigenvalue weighted by molar-refractivity contribution is 5.97. The van der Waals surface area contributed by atoms with Crippen LogP contribution in [0, 0.1) is 17.6 Å². The number of hydrogen-bond donors (Lipinski definition) is 1. The summed E-state index contributed by atoms with van der Waals surface area (Å²) in [6.45, 7) is 6.17. The first kappa shape index (κ1) is 19.9. The van der Waals surface area contributed by atoms with Gasteiger partial charge in [-0.3, -0.25) is 9.78 Å². The Morgan fingerprint density at radius 2 is 1.86 bits per heavy atom. The van der Waals surface area contributed by atoms with Crippen molar-refractivity contribution in [3.05, 3.63) is 77.5 Å². The van der Waals surface area contributed by atoms with Gasteiger partial charge in [-0.2, -0.15) is 0 Å². The van der Waals surface area contributed by atoms with Gasteiger partial charge in [0.05, 0.1) is 5.56 Å². The molecule has 0 aliphatic carbocycles. The zero-order valence-electron chi connectivity index (χ0n) is 16.3. The number of amides is 1. The van der Waals surface area contributed by atoms with E-state index in [0.717, 1.165) is 12.0 Å². The molecule has 0 aliphatic rings. The Morgan fingerprint density at radius 3 is 2.54 bits per heavy atom. The van der Waals surface area contributed by atoms with Gasteiger partial charge in [-0.15, -0.1) is 0 Å². The minimum atomic E-state index is -0.514. The highest BCUT2D eigenvalue weighted by Gasteiger charge is 2.28. The van der Waals surface area contributed by atoms with Gasteiger partial charge in [-0.25, -0.2) is 8.78 Å². The molecule has 0 saturated heterocycles. The second kappa shape index (κ2) is 8.05. The Morgan fingerprint density at radius 1 is 1.14 bits per heavy atom. The van der Waals surface area contributed by atoms with Crippen LogP contribution in [0.1, 0.15) is 43.1 Å². The Labute approximate surface area is 163 Å². The van der Waals surface area contributed by atoms with E-state index in [1.54, 1.807) is 30.3 Å². The van der Waals surface area contributed by atoms with E-state index >= 15 is 0 Å². The summed E-state index contributed by atoms with van der Waals surface area (Å²) < 4.78 is 27.0. The van der Waals surface area contributed by atoms with Gasteiger partial charge in [0.1, 0.15) is 17.2 Å². The molecule has 3 nitrogen and oxygen atoms in total. The summed E-state index contributed by atoms with van der Waals surface area (Å²) in [5.74, 6) is -0.600. The van der Waals surface area contributed by atoms with E-state index < -0.39 is 11.4 Å². The molecule has 0 radical (unpaired) electrons. The highest BCUT2D eigenvalue weighted by atomic mass is 19.1. The molecule has 1 atom stereocenters. The number of carbonyl (C=O) groups excluding carboxylic acids is 1. The van der Waals surface area contributed by atoms with E-state index in [-0.39, 0.29) is 17.2 Å². The van der Waals surface area contributed by atoms with Crippen molar-refractivity contribution in [2.45, 2.75) is 39.2 Å². The summed E-state index contributed by atoms with van der Waals surface area (Å²) >= 11 is 0. The van der Waals surface area contributed by atoms with E-state index in [1.807, 2.05) is 6.92 Å². The Bertz CT molecular complexity index is 986. The number of nitrogens with zero attached hydrogens (tertiary/aromatic N) is 1. The van der Waals surface area contributed by atoms with Crippen molar-refractivity contribution in [2.75, 3.05) is 0 Å². The third kappa shape index (κ3) is 4.71. The predicted molar refractivity (Wildman–Crippen MR) is 107 cm³/mol. The standard InChI is InChI=1S/C23H24F2N2O/c1-15(2)12-23(3,13-16-7-9-19(24)10-8-16)27-22(28)18-11-17-5-4-6-20(25)21(17)26-14-18/h4-11,14-15H,12-13H2,1-3H3,(H,27,28). The van der Waals surface area contributed by atoms with Crippen LogP contribution < -0.4 is 5.32 Å². The first-order valence-corrected chi connectivity index (χ1v) is 9.37. The third-order valence-corrected chi connectivity index (χ3v) is 4.71. The van der Waals surface area contributed by atoms with E-state index in [4.69, 9.17) is 0 Å². The van der Waals surface area contributed by atoms with Crippen molar-refractivity contribution in [3.63, 3.8) is 0 Å². The molecule has 3 rings (SSSR count). The van der Waals surface area contributed by atoms with Gasteiger partial charge in [0.25, 0.3) is 5.91 Å². The maximum atomic E-state index is 13.8. The minimum absolute atomic E-state index is 0.246. The molecule has 0 bridgehead atoms. The molecule has 1 unspecified atom stereocenters. The van der Waals surface area contributed by atoms with E-state index in [0.29, 0.717) is 23.3 Å². The van der Waals surface area contributed by atoms with Gasteiger partial charge in [0.15, 0.2) is 0 Å². The molecule has 3 aromatic rings. The van der Waals surface area contributed by atoms with E-state index in [1.165, 1.54) is 24.4 Å². The molecule has 1 amide bonds. The number of halogens is 2. The molecular weight excluding hydrogens is 358 g/mol. The fourth-order valence-corrected chi connectivity index (χ4v) is 3.72. The first-order valence-electron chi connectivity index (χ1n) is 9.37. The molecule has 1 N–H and O–H groups in total. The summed E-state index contributed by atoms with van der Waals surface area (Å²) in [6, 6.07) is 12.6. The van der Waals surface area contributed by atoms with Crippen LogP contribution in [0.25, 0.3) is 10.9 Å². The van der Waals surface area contributed by atoms with Crippen LogP contribution in [0.4, 0.5) is 8.78 Å². The van der Waals surface area contributed by atoms with Crippen molar-refractivity contribution in [3.8, 4) is 0 Å². The smallest absolute Gasteiger partial charge is 0.253 e. The molecule has 2 aromatic carbocycles. The predicted octanol–water partition coefficient (Wildman–Crippen LogP) is 5.29. The van der Waals surface area contributed by atoms with Crippen molar-refractivity contribution in [1.29, 1.82) is 0 Å². The topological polar surface area (TPSA) is 42.0 Å². The van der Waals surface area contributed by atoms with Crippen LogP contribution in [-0.4, -0.2) is 16.4 Å². The molecule has 0 fully saturated rings. The van der Waals surface area contributed by atoms with Gasteiger partial charge in [-0.1, -0.05) is 38.1 Å². The zero-order chi connectivity index (χ0) is 20.3. The number of rotatable bonds is 6. The lowest BCUT2D eigenvalue weighted by atomic mass is 9.84. The Hall–Kier alpha value is -2.82. The maximum Gasteiger partial charge on any atom is 0.253 e. The average molecular weight is 382 g/mol.